The number of benzene rings is 1. The van der Waals surface area contributed by atoms with E-state index < -0.39 is 5.97 Å². The summed E-state index contributed by atoms with van der Waals surface area (Å²) in [7, 11) is 1.39. The summed E-state index contributed by atoms with van der Waals surface area (Å²) in [6, 6.07) is 4.16. The van der Waals surface area contributed by atoms with E-state index in [2.05, 4.69) is 5.32 Å². The Balaban J connectivity index is 2.06. The molecule has 1 aromatic carbocycles. The van der Waals surface area contributed by atoms with Crippen molar-refractivity contribution in [2.24, 2.45) is 0 Å². The Labute approximate surface area is 125 Å². The number of carbonyl (C=O) groups excluding carboxylic acids is 2. The summed E-state index contributed by atoms with van der Waals surface area (Å²) in [6.45, 7) is -0.0321. The average molecular weight is 310 g/mol. The van der Waals surface area contributed by atoms with Crippen LogP contribution in [0.3, 0.4) is 0 Å². The number of nitrogens with zero attached hydrogens (tertiary/aromatic N) is 1. The summed E-state index contributed by atoms with van der Waals surface area (Å²) in [5, 5.41) is 11.5. The van der Waals surface area contributed by atoms with Gasteiger partial charge >= 0.3 is 5.97 Å². The zero-order valence-corrected chi connectivity index (χ0v) is 12.1. The second-order valence-corrected chi connectivity index (χ2v) is 5.29. The first-order chi connectivity index (χ1) is 10.0. The molecule has 1 aliphatic heterocycles. The molecule has 0 bridgehead atoms. The van der Waals surface area contributed by atoms with Crippen LogP contribution in [0, 0.1) is 0 Å². The summed E-state index contributed by atoms with van der Waals surface area (Å²) in [5.41, 5.74) is 0.433. The van der Waals surface area contributed by atoms with Gasteiger partial charge in [-0.05, 0) is 18.2 Å². The summed E-state index contributed by atoms with van der Waals surface area (Å²) in [4.78, 5) is 35.7. The molecule has 0 radical (unpaired) electrons. The molecule has 1 fully saturated rings. The second-order valence-electron chi connectivity index (χ2n) is 4.34. The Morgan fingerprint density at radius 3 is 2.81 bits per heavy atom. The fraction of sp³-hybridized carbons (Fsp3) is 0.308. The van der Waals surface area contributed by atoms with Gasteiger partial charge in [-0.15, -0.1) is 11.8 Å². The highest BCUT2D eigenvalue weighted by Gasteiger charge is 2.23. The normalized spacial score (nSPS) is 14.1. The number of anilines is 1. The third-order valence-corrected chi connectivity index (χ3v) is 3.83. The van der Waals surface area contributed by atoms with E-state index in [0.29, 0.717) is 17.3 Å². The van der Waals surface area contributed by atoms with Crippen LogP contribution in [-0.4, -0.2) is 53.1 Å². The number of aromatic carboxylic acids is 1. The van der Waals surface area contributed by atoms with Crippen molar-refractivity contribution in [2.45, 2.75) is 0 Å². The molecule has 112 valence electrons. The molecule has 7 nitrogen and oxygen atoms in total. The largest absolute Gasteiger partial charge is 0.495 e. The molecular formula is C13H14N2O5S. The number of rotatable bonds is 5. The van der Waals surface area contributed by atoms with E-state index in [1.54, 1.807) is 0 Å². The van der Waals surface area contributed by atoms with E-state index in [0.717, 1.165) is 0 Å². The highest BCUT2D eigenvalue weighted by Crippen LogP contribution is 2.25. The molecule has 0 atom stereocenters. The topological polar surface area (TPSA) is 95.9 Å². The molecule has 8 heteroatoms. The quantitative estimate of drug-likeness (QED) is 0.837. The summed E-state index contributed by atoms with van der Waals surface area (Å²) < 4.78 is 5.07. The number of carboxylic acids is 1. The Kier molecular flexibility index (Phi) is 4.69. The van der Waals surface area contributed by atoms with Gasteiger partial charge in [0.25, 0.3) is 0 Å². The fourth-order valence-electron chi connectivity index (χ4n) is 1.83. The van der Waals surface area contributed by atoms with Gasteiger partial charge in [-0.2, -0.15) is 0 Å². The Morgan fingerprint density at radius 2 is 2.24 bits per heavy atom. The fourth-order valence-corrected chi connectivity index (χ4v) is 2.73. The van der Waals surface area contributed by atoms with Gasteiger partial charge in [-0.3, -0.25) is 9.59 Å². The first-order valence-corrected chi connectivity index (χ1v) is 7.23. The molecule has 0 unspecified atom stereocenters. The number of methoxy groups -OCH3 is 1. The molecule has 1 aliphatic rings. The Morgan fingerprint density at radius 1 is 1.48 bits per heavy atom. The van der Waals surface area contributed by atoms with Crippen molar-refractivity contribution in [3.63, 3.8) is 0 Å². The highest BCUT2D eigenvalue weighted by molar-refractivity contribution is 8.00. The van der Waals surface area contributed by atoms with Crippen LogP contribution in [-0.2, 0) is 9.59 Å². The average Bonchev–Trinajstić information content (AvgIpc) is 2.84. The van der Waals surface area contributed by atoms with Gasteiger partial charge in [0.2, 0.25) is 11.8 Å². The summed E-state index contributed by atoms with van der Waals surface area (Å²) >= 11 is 1.46. The van der Waals surface area contributed by atoms with E-state index in [1.165, 1.54) is 42.0 Å². The van der Waals surface area contributed by atoms with E-state index in [-0.39, 0.29) is 29.7 Å². The predicted molar refractivity (Wildman–Crippen MR) is 77.6 cm³/mol. The van der Waals surface area contributed by atoms with Gasteiger partial charge in [0.15, 0.2) is 0 Å². The van der Waals surface area contributed by atoms with Crippen molar-refractivity contribution in [3.8, 4) is 5.75 Å². The summed E-state index contributed by atoms with van der Waals surface area (Å²) in [6.07, 6.45) is 0. The van der Waals surface area contributed by atoms with Crippen molar-refractivity contribution >= 4 is 35.2 Å². The number of ether oxygens (including phenoxy) is 1. The molecule has 2 N–H and O–H groups in total. The SMILES string of the molecule is COc1cc(C(=O)O)ccc1NC(=O)CN1CSCC1=O. The lowest BCUT2D eigenvalue weighted by molar-refractivity contribution is -0.130. The van der Waals surface area contributed by atoms with E-state index >= 15 is 0 Å². The van der Waals surface area contributed by atoms with Crippen molar-refractivity contribution < 1.29 is 24.2 Å². The minimum absolute atomic E-state index is 0.0321. The number of carboxylic acid groups (broad SMARTS) is 1. The minimum Gasteiger partial charge on any atom is -0.495 e. The molecule has 2 rings (SSSR count). The predicted octanol–water partition coefficient (Wildman–Crippen LogP) is 0.865. The standard InChI is InChI=1S/C13H14N2O5S/c1-20-10-4-8(13(18)19)2-3-9(10)14-11(16)5-15-7-21-6-12(15)17/h2-4H,5-7H2,1H3,(H,14,16)(H,18,19). The number of amides is 2. The van der Waals surface area contributed by atoms with Gasteiger partial charge in [0.05, 0.1) is 30.0 Å². The zero-order valence-electron chi connectivity index (χ0n) is 11.3. The van der Waals surface area contributed by atoms with Crippen LogP contribution in [0.1, 0.15) is 10.4 Å². The maximum Gasteiger partial charge on any atom is 0.335 e. The maximum atomic E-state index is 11.9. The van der Waals surface area contributed by atoms with Crippen molar-refractivity contribution in [1.29, 1.82) is 0 Å². The van der Waals surface area contributed by atoms with Crippen LogP contribution >= 0.6 is 11.8 Å². The number of nitrogens with one attached hydrogen (secondary N) is 1. The molecule has 21 heavy (non-hydrogen) atoms. The van der Waals surface area contributed by atoms with Crippen molar-refractivity contribution in [3.05, 3.63) is 23.8 Å². The third-order valence-electron chi connectivity index (χ3n) is 2.88. The third kappa shape index (κ3) is 3.66. The van der Waals surface area contributed by atoms with Crippen molar-refractivity contribution in [1.82, 2.24) is 4.90 Å². The molecule has 0 spiro atoms. The van der Waals surface area contributed by atoms with Gasteiger partial charge in [0, 0.05) is 0 Å². The van der Waals surface area contributed by atoms with Crippen molar-refractivity contribution in [2.75, 3.05) is 30.6 Å². The van der Waals surface area contributed by atoms with E-state index in [4.69, 9.17) is 9.84 Å². The van der Waals surface area contributed by atoms with Crippen LogP contribution in [0.5, 0.6) is 5.75 Å². The molecular weight excluding hydrogens is 296 g/mol. The van der Waals surface area contributed by atoms with E-state index in [1.807, 2.05) is 0 Å². The molecule has 0 aromatic heterocycles. The number of hydrogen-bond acceptors (Lipinski definition) is 5. The lowest BCUT2D eigenvalue weighted by Gasteiger charge is -2.15. The van der Waals surface area contributed by atoms with Gasteiger partial charge in [-0.1, -0.05) is 0 Å². The Bertz CT molecular complexity index is 590. The second kappa shape index (κ2) is 6.49. The first kappa shape index (κ1) is 15.2. The first-order valence-electron chi connectivity index (χ1n) is 6.08. The molecule has 1 heterocycles. The zero-order chi connectivity index (χ0) is 15.4. The minimum atomic E-state index is -1.08. The smallest absolute Gasteiger partial charge is 0.335 e. The van der Waals surface area contributed by atoms with Gasteiger partial charge in [0.1, 0.15) is 12.3 Å². The van der Waals surface area contributed by atoms with Crippen LogP contribution in [0.15, 0.2) is 18.2 Å². The van der Waals surface area contributed by atoms with Crippen LogP contribution < -0.4 is 10.1 Å². The molecule has 2 amide bonds. The maximum absolute atomic E-state index is 11.9. The molecule has 0 aliphatic carbocycles. The van der Waals surface area contributed by atoms with E-state index in [9.17, 15) is 14.4 Å². The lowest BCUT2D eigenvalue weighted by Crippen LogP contribution is -2.34. The molecule has 0 saturated carbocycles. The summed E-state index contributed by atoms with van der Waals surface area (Å²) in [5.74, 6) is -0.350. The Hall–Kier alpha value is -2.22. The highest BCUT2D eigenvalue weighted by atomic mass is 32.2. The molecule has 1 saturated heterocycles. The number of hydrogen-bond donors (Lipinski definition) is 2. The van der Waals surface area contributed by atoms with Crippen LogP contribution in [0.25, 0.3) is 0 Å². The lowest BCUT2D eigenvalue weighted by atomic mass is 10.2. The molecule has 1 aromatic rings. The monoisotopic (exact) mass is 310 g/mol. The van der Waals surface area contributed by atoms with Crippen LogP contribution in [0.2, 0.25) is 0 Å². The number of thioether (sulfide) groups is 1. The van der Waals surface area contributed by atoms with Gasteiger partial charge < -0.3 is 20.1 Å². The van der Waals surface area contributed by atoms with Crippen LogP contribution in [0.4, 0.5) is 5.69 Å². The number of carbonyl (C=O) groups is 3. The van der Waals surface area contributed by atoms with Gasteiger partial charge in [-0.25, -0.2) is 4.79 Å².